The highest BCUT2D eigenvalue weighted by molar-refractivity contribution is 5.96. The Kier molecular flexibility index (Phi) is 13.1. The third kappa shape index (κ3) is 10.5. The Morgan fingerprint density at radius 3 is 1.95 bits per heavy atom. The van der Waals surface area contributed by atoms with Gasteiger partial charge in [-0.3, -0.25) is 19.3 Å². The predicted molar refractivity (Wildman–Crippen MR) is 218 cm³/mol. The van der Waals surface area contributed by atoms with Crippen molar-refractivity contribution in [2.75, 3.05) is 57.3 Å². The van der Waals surface area contributed by atoms with Crippen molar-refractivity contribution in [1.82, 2.24) is 19.6 Å². The maximum atomic E-state index is 14.7. The van der Waals surface area contributed by atoms with E-state index in [1.807, 2.05) is 94.7 Å². The fourth-order valence-corrected chi connectivity index (χ4v) is 7.33. The summed E-state index contributed by atoms with van der Waals surface area (Å²) in [5.74, 6) is 0.247. The van der Waals surface area contributed by atoms with Crippen LogP contribution in [0.1, 0.15) is 60.1 Å². The molecule has 1 atom stereocenters. The first-order valence-corrected chi connectivity index (χ1v) is 19.4. The normalized spacial score (nSPS) is 15.6. The van der Waals surface area contributed by atoms with Gasteiger partial charge in [0, 0.05) is 90.6 Å². The number of amides is 3. The van der Waals surface area contributed by atoms with Gasteiger partial charge in [0.1, 0.15) is 6.04 Å². The van der Waals surface area contributed by atoms with E-state index < -0.39 is 6.04 Å². The van der Waals surface area contributed by atoms with E-state index >= 15 is 0 Å². The Morgan fingerprint density at radius 2 is 1.35 bits per heavy atom. The summed E-state index contributed by atoms with van der Waals surface area (Å²) in [4.78, 5) is 51.1. The predicted octanol–water partition coefficient (Wildman–Crippen LogP) is 6.35. The van der Waals surface area contributed by atoms with Crippen LogP contribution in [0.2, 0.25) is 0 Å². The summed E-state index contributed by atoms with van der Waals surface area (Å²) in [6, 6.07) is 35.6. The SMILES string of the molecule is CC(=O)N1CCN(c2ccc(CN(C(=O)C=Cc3ccc(C(C)C)cc3)C(Cc3ccccc3)C(=O)N3CCN(Cc4ccc(C#N)cc4)CC3)cc2)CC1. The fourth-order valence-electron chi connectivity index (χ4n) is 7.33. The quantitative estimate of drug-likeness (QED) is 0.158. The molecule has 2 fully saturated rings. The molecule has 0 bridgehead atoms. The largest absolute Gasteiger partial charge is 0.368 e. The molecule has 0 radical (unpaired) electrons. The number of rotatable bonds is 12. The molecule has 2 heterocycles. The number of nitrogens with zero attached hydrogens (tertiary/aromatic N) is 6. The Morgan fingerprint density at radius 1 is 0.727 bits per heavy atom. The molecule has 6 rings (SSSR count). The molecule has 4 aromatic rings. The molecule has 284 valence electrons. The highest BCUT2D eigenvalue weighted by atomic mass is 16.2. The Bertz CT molecular complexity index is 1950. The van der Waals surface area contributed by atoms with Gasteiger partial charge in [0.2, 0.25) is 17.7 Å². The van der Waals surface area contributed by atoms with Crippen LogP contribution in [-0.4, -0.2) is 95.7 Å². The molecule has 0 saturated carbocycles. The van der Waals surface area contributed by atoms with Gasteiger partial charge >= 0.3 is 0 Å². The van der Waals surface area contributed by atoms with Gasteiger partial charge in [-0.05, 0) is 64.1 Å². The summed E-state index contributed by atoms with van der Waals surface area (Å²) in [6.45, 7) is 12.4. The van der Waals surface area contributed by atoms with Crippen molar-refractivity contribution >= 4 is 29.5 Å². The van der Waals surface area contributed by atoms with E-state index in [2.05, 4.69) is 54.0 Å². The van der Waals surface area contributed by atoms with Crippen molar-refractivity contribution in [3.63, 3.8) is 0 Å². The van der Waals surface area contributed by atoms with Gasteiger partial charge in [-0.2, -0.15) is 5.26 Å². The lowest BCUT2D eigenvalue weighted by molar-refractivity contribution is -0.145. The first-order chi connectivity index (χ1) is 26.7. The molecule has 1 unspecified atom stereocenters. The summed E-state index contributed by atoms with van der Waals surface area (Å²) in [6.07, 6.45) is 3.84. The van der Waals surface area contributed by atoms with Crippen LogP contribution in [0.15, 0.2) is 109 Å². The smallest absolute Gasteiger partial charge is 0.247 e. The van der Waals surface area contributed by atoms with Crippen LogP contribution in [0.3, 0.4) is 0 Å². The van der Waals surface area contributed by atoms with Gasteiger partial charge < -0.3 is 19.6 Å². The van der Waals surface area contributed by atoms with Crippen molar-refractivity contribution in [2.45, 2.75) is 52.2 Å². The van der Waals surface area contributed by atoms with E-state index in [0.717, 1.165) is 47.6 Å². The minimum atomic E-state index is -0.715. The van der Waals surface area contributed by atoms with Gasteiger partial charge in [0.25, 0.3) is 0 Å². The van der Waals surface area contributed by atoms with Crippen molar-refractivity contribution in [3.8, 4) is 6.07 Å². The lowest BCUT2D eigenvalue weighted by atomic mass is 10.0. The van der Waals surface area contributed by atoms with Crippen LogP contribution in [-0.2, 0) is 33.9 Å². The zero-order valence-corrected chi connectivity index (χ0v) is 32.3. The Hall–Kier alpha value is -5.72. The fraction of sp³-hybridized carbons (Fsp3) is 0.348. The maximum absolute atomic E-state index is 14.7. The second kappa shape index (κ2) is 18.5. The molecule has 0 aromatic heterocycles. The van der Waals surface area contributed by atoms with Gasteiger partial charge in [-0.15, -0.1) is 0 Å². The average molecular weight is 737 g/mol. The molecule has 0 N–H and O–H groups in total. The second-order valence-electron chi connectivity index (χ2n) is 14.9. The van der Waals surface area contributed by atoms with Gasteiger partial charge in [-0.1, -0.05) is 92.7 Å². The highest BCUT2D eigenvalue weighted by Crippen LogP contribution is 2.23. The molecule has 3 amide bonds. The molecule has 55 heavy (non-hydrogen) atoms. The molecule has 4 aromatic carbocycles. The van der Waals surface area contributed by atoms with E-state index in [9.17, 15) is 19.6 Å². The molecule has 9 nitrogen and oxygen atoms in total. The highest BCUT2D eigenvalue weighted by Gasteiger charge is 2.34. The van der Waals surface area contributed by atoms with E-state index in [4.69, 9.17) is 0 Å². The number of hydrogen-bond acceptors (Lipinski definition) is 6. The number of carbonyl (C=O) groups is 3. The van der Waals surface area contributed by atoms with Crippen LogP contribution in [0.25, 0.3) is 6.08 Å². The van der Waals surface area contributed by atoms with E-state index in [1.165, 1.54) is 5.56 Å². The third-order valence-corrected chi connectivity index (χ3v) is 10.8. The minimum Gasteiger partial charge on any atom is -0.368 e. The Labute approximate surface area is 326 Å². The van der Waals surface area contributed by atoms with Crippen LogP contribution < -0.4 is 4.90 Å². The number of piperazine rings is 2. The molecule has 2 saturated heterocycles. The monoisotopic (exact) mass is 736 g/mol. The lowest BCUT2D eigenvalue weighted by Gasteiger charge is -2.39. The molecule has 2 aliphatic rings. The number of anilines is 1. The van der Waals surface area contributed by atoms with Crippen LogP contribution in [0.5, 0.6) is 0 Å². The van der Waals surface area contributed by atoms with E-state index in [1.54, 1.807) is 17.9 Å². The second-order valence-corrected chi connectivity index (χ2v) is 14.9. The van der Waals surface area contributed by atoms with Gasteiger partial charge in [0.15, 0.2) is 0 Å². The Balaban J connectivity index is 1.24. The van der Waals surface area contributed by atoms with Crippen LogP contribution in [0.4, 0.5) is 5.69 Å². The van der Waals surface area contributed by atoms with Gasteiger partial charge in [-0.25, -0.2) is 0 Å². The summed E-state index contributed by atoms with van der Waals surface area (Å²) in [7, 11) is 0. The minimum absolute atomic E-state index is 0.0510. The zero-order chi connectivity index (χ0) is 38.7. The lowest BCUT2D eigenvalue weighted by Crippen LogP contribution is -2.56. The standard InChI is InChI=1S/C46H52N6O3/c1-35(2)42-18-13-37(14-19-42)17-22-45(54)52(34-41-15-20-43(21-16-41)50-29-27-49(28-30-50)36(3)53)44(31-38-7-5-4-6-8-38)46(55)51-25-23-48(24-26-51)33-40-11-9-39(32-47)10-12-40/h4-22,35,44H,23-31,33-34H2,1-3H3. The van der Waals surface area contributed by atoms with Crippen LogP contribution >= 0.6 is 0 Å². The van der Waals surface area contributed by atoms with Crippen molar-refractivity contribution in [1.29, 1.82) is 5.26 Å². The summed E-state index contributed by atoms with van der Waals surface area (Å²) < 4.78 is 0. The first-order valence-electron chi connectivity index (χ1n) is 19.4. The van der Waals surface area contributed by atoms with E-state index in [-0.39, 0.29) is 24.3 Å². The van der Waals surface area contributed by atoms with E-state index in [0.29, 0.717) is 57.2 Å². The van der Waals surface area contributed by atoms with Gasteiger partial charge in [0.05, 0.1) is 11.6 Å². The maximum Gasteiger partial charge on any atom is 0.247 e. The number of hydrogen-bond donors (Lipinski definition) is 0. The number of nitriles is 1. The first kappa shape index (κ1) is 39.0. The molecular weight excluding hydrogens is 685 g/mol. The molecule has 2 aliphatic heterocycles. The summed E-state index contributed by atoms with van der Waals surface area (Å²) >= 11 is 0. The van der Waals surface area contributed by atoms with Crippen LogP contribution in [0, 0.1) is 11.3 Å². The molecule has 0 spiro atoms. The zero-order valence-electron chi connectivity index (χ0n) is 32.3. The molecule has 0 aliphatic carbocycles. The third-order valence-electron chi connectivity index (χ3n) is 10.8. The van der Waals surface area contributed by atoms with Crippen molar-refractivity contribution < 1.29 is 14.4 Å². The summed E-state index contributed by atoms with van der Waals surface area (Å²) in [5.41, 5.74) is 6.94. The molecule has 9 heteroatoms. The number of benzene rings is 4. The topological polar surface area (TPSA) is 91.2 Å². The molecular formula is C46H52N6O3. The summed E-state index contributed by atoms with van der Waals surface area (Å²) in [5, 5.41) is 9.18. The van der Waals surface area contributed by atoms with Crippen molar-refractivity contribution in [2.24, 2.45) is 0 Å². The van der Waals surface area contributed by atoms with Crippen molar-refractivity contribution in [3.05, 3.63) is 143 Å². The average Bonchev–Trinajstić information content (AvgIpc) is 3.22. The number of carbonyl (C=O) groups excluding carboxylic acids is 3.